The van der Waals surface area contributed by atoms with Gasteiger partial charge in [0.1, 0.15) is 11.5 Å². The number of nitrogens with zero attached hydrogens (tertiary/aromatic N) is 4. The quantitative estimate of drug-likeness (QED) is 0.500. The first-order valence-electron chi connectivity index (χ1n) is 7.64. The summed E-state index contributed by atoms with van der Waals surface area (Å²) in [4.78, 5) is 11.8. The monoisotopic (exact) mass is 382 g/mol. The van der Waals surface area contributed by atoms with Gasteiger partial charge in [0.25, 0.3) is 0 Å². The van der Waals surface area contributed by atoms with E-state index in [2.05, 4.69) is 30.7 Å². The van der Waals surface area contributed by atoms with Gasteiger partial charge in [-0.1, -0.05) is 12.1 Å². The summed E-state index contributed by atoms with van der Waals surface area (Å²) in [5.41, 5.74) is 5.37. The van der Waals surface area contributed by atoms with Crippen molar-refractivity contribution in [3.63, 3.8) is 0 Å². The van der Waals surface area contributed by atoms with Crippen molar-refractivity contribution >= 4 is 23.7 Å². The molecule has 0 aliphatic heterocycles. The van der Waals surface area contributed by atoms with Crippen LogP contribution in [0.4, 0.5) is 41.2 Å². The van der Waals surface area contributed by atoms with Crippen molar-refractivity contribution in [3.8, 4) is 0 Å². The molecule has 0 radical (unpaired) electrons. The van der Waals surface area contributed by atoms with Crippen molar-refractivity contribution in [2.24, 2.45) is 0 Å². The third kappa shape index (κ3) is 4.59. The van der Waals surface area contributed by atoms with Crippen LogP contribution in [0.5, 0.6) is 0 Å². The van der Waals surface area contributed by atoms with E-state index in [1.54, 1.807) is 19.1 Å². The molecule has 27 heavy (non-hydrogen) atoms. The molecule has 0 saturated carbocycles. The van der Waals surface area contributed by atoms with Crippen LogP contribution < -0.4 is 16.4 Å². The van der Waals surface area contributed by atoms with Gasteiger partial charge in [0.15, 0.2) is 5.82 Å². The summed E-state index contributed by atoms with van der Waals surface area (Å²) in [6.07, 6.45) is -4.55. The van der Waals surface area contributed by atoms with E-state index in [1.807, 2.05) is 5.10 Å². The highest BCUT2D eigenvalue weighted by molar-refractivity contribution is 5.51. The Bertz CT molecular complexity index is 922. The summed E-state index contributed by atoms with van der Waals surface area (Å²) in [6.45, 7) is 1.80. The Balaban J connectivity index is 1.76. The lowest BCUT2D eigenvalue weighted by molar-refractivity contribution is -0.141. The molecule has 0 fully saturated rings. The predicted octanol–water partition coefficient (Wildman–Crippen LogP) is 3.25. The third-order valence-corrected chi connectivity index (χ3v) is 3.49. The Morgan fingerprint density at radius 3 is 2.37 bits per heavy atom. The highest BCUT2D eigenvalue weighted by atomic mass is 19.4. The SMILES string of the molecule is CC(Nc1nc(N)nc(Nc2cc(C(F)(F)F)[nH]n2)n1)c1ccc(F)cc1. The Kier molecular flexibility index (Phi) is 4.79. The molecular weight excluding hydrogens is 368 g/mol. The van der Waals surface area contributed by atoms with Crippen molar-refractivity contribution in [2.75, 3.05) is 16.4 Å². The fourth-order valence-electron chi connectivity index (χ4n) is 2.19. The van der Waals surface area contributed by atoms with Crippen LogP contribution in [0.2, 0.25) is 0 Å². The lowest BCUT2D eigenvalue weighted by Gasteiger charge is -2.15. The Morgan fingerprint density at radius 1 is 1.07 bits per heavy atom. The zero-order valence-electron chi connectivity index (χ0n) is 13.8. The van der Waals surface area contributed by atoms with Crippen molar-refractivity contribution < 1.29 is 17.6 Å². The van der Waals surface area contributed by atoms with Crippen LogP contribution in [0.25, 0.3) is 0 Å². The molecule has 0 amide bonds. The molecule has 0 saturated heterocycles. The number of anilines is 4. The van der Waals surface area contributed by atoms with Crippen molar-refractivity contribution in [2.45, 2.75) is 19.1 Å². The fourth-order valence-corrected chi connectivity index (χ4v) is 2.19. The van der Waals surface area contributed by atoms with Crippen molar-refractivity contribution in [3.05, 3.63) is 47.4 Å². The van der Waals surface area contributed by atoms with Crippen molar-refractivity contribution in [1.82, 2.24) is 25.1 Å². The highest BCUT2D eigenvalue weighted by Crippen LogP contribution is 2.29. The second-order valence-corrected chi connectivity index (χ2v) is 5.55. The first-order valence-corrected chi connectivity index (χ1v) is 7.64. The van der Waals surface area contributed by atoms with Crippen LogP contribution in [0, 0.1) is 5.82 Å². The second-order valence-electron chi connectivity index (χ2n) is 5.55. The van der Waals surface area contributed by atoms with Gasteiger partial charge >= 0.3 is 6.18 Å². The van der Waals surface area contributed by atoms with Gasteiger partial charge < -0.3 is 16.4 Å². The maximum Gasteiger partial charge on any atom is 0.432 e. The van der Waals surface area contributed by atoms with Gasteiger partial charge in [-0.15, -0.1) is 0 Å². The number of aromatic nitrogens is 5. The standard InChI is InChI=1S/C15H14F4N8/c1-7(8-2-4-9(16)5-3-8)21-13-23-12(20)24-14(25-13)22-11-6-10(26-27-11)15(17,18)19/h2-7H,1H3,(H5,20,21,22,23,24,25,26,27). The van der Waals surface area contributed by atoms with Crippen LogP contribution in [0.1, 0.15) is 24.2 Å². The fraction of sp³-hybridized carbons (Fsp3) is 0.200. The molecule has 1 aromatic carbocycles. The Morgan fingerprint density at radius 2 is 1.74 bits per heavy atom. The van der Waals surface area contributed by atoms with Gasteiger partial charge in [-0.2, -0.15) is 33.2 Å². The lowest BCUT2D eigenvalue weighted by atomic mass is 10.1. The molecule has 1 atom stereocenters. The average molecular weight is 382 g/mol. The average Bonchev–Trinajstić information content (AvgIpc) is 3.03. The number of aromatic amines is 1. The van der Waals surface area contributed by atoms with Crippen LogP contribution >= 0.6 is 0 Å². The second kappa shape index (κ2) is 7.05. The molecule has 0 bridgehead atoms. The molecule has 1 unspecified atom stereocenters. The lowest BCUT2D eigenvalue weighted by Crippen LogP contribution is -2.12. The van der Waals surface area contributed by atoms with Gasteiger partial charge in [0, 0.05) is 6.07 Å². The van der Waals surface area contributed by atoms with E-state index in [4.69, 9.17) is 5.73 Å². The molecule has 5 N–H and O–H groups in total. The number of nitrogen functional groups attached to an aromatic ring is 1. The molecule has 0 spiro atoms. The van der Waals surface area contributed by atoms with E-state index in [-0.39, 0.29) is 35.5 Å². The summed E-state index contributed by atoms with van der Waals surface area (Å²) in [7, 11) is 0. The van der Waals surface area contributed by atoms with E-state index in [1.165, 1.54) is 12.1 Å². The number of nitrogens with one attached hydrogen (secondary N) is 3. The minimum absolute atomic E-state index is 0.0865. The first kappa shape index (κ1) is 18.4. The highest BCUT2D eigenvalue weighted by Gasteiger charge is 2.33. The Labute approximate surface area is 150 Å². The summed E-state index contributed by atoms with van der Waals surface area (Å²) in [5, 5.41) is 10.9. The molecule has 12 heteroatoms. The predicted molar refractivity (Wildman–Crippen MR) is 89.5 cm³/mol. The molecule has 2 aromatic heterocycles. The van der Waals surface area contributed by atoms with E-state index in [0.717, 1.165) is 11.6 Å². The molecule has 2 heterocycles. The van der Waals surface area contributed by atoms with Crippen LogP contribution in [-0.4, -0.2) is 25.1 Å². The summed E-state index contributed by atoms with van der Waals surface area (Å²) in [6, 6.07) is 6.31. The largest absolute Gasteiger partial charge is 0.432 e. The molecular formula is C15H14F4N8. The number of rotatable bonds is 5. The smallest absolute Gasteiger partial charge is 0.368 e. The van der Waals surface area contributed by atoms with E-state index < -0.39 is 11.9 Å². The number of hydrogen-bond acceptors (Lipinski definition) is 7. The molecule has 0 aliphatic carbocycles. The first-order chi connectivity index (χ1) is 12.7. The van der Waals surface area contributed by atoms with Crippen LogP contribution in [0.3, 0.4) is 0 Å². The maximum absolute atomic E-state index is 13.0. The topological polar surface area (TPSA) is 117 Å². The number of hydrogen-bond donors (Lipinski definition) is 4. The molecule has 3 aromatic rings. The maximum atomic E-state index is 13.0. The van der Waals surface area contributed by atoms with Crippen LogP contribution in [-0.2, 0) is 6.18 Å². The van der Waals surface area contributed by atoms with Gasteiger partial charge in [-0.25, -0.2) is 4.39 Å². The zero-order valence-corrected chi connectivity index (χ0v) is 13.8. The minimum Gasteiger partial charge on any atom is -0.368 e. The van der Waals surface area contributed by atoms with Crippen LogP contribution in [0.15, 0.2) is 30.3 Å². The van der Waals surface area contributed by atoms with E-state index >= 15 is 0 Å². The van der Waals surface area contributed by atoms with E-state index in [9.17, 15) is 17.6 Å². The van der Waals surface area contributed by atoms with E-state index in [0.29, 0.717) is 0 Å². The summed E-state index contributed by atoms with van der Waals surface area (Å²) in [5.74, 6) is -0.637. The molecule has 0 aliphatic rings. The number of benzene rings is 1. The zero-order chi connectivity index (χ0) is 19.6. The summed E-state index contributed by atoms with van der Waals surface area (Å²) < 4.78 is 50.8. The Hall–Kier alpha value is -3.44. The van der Waals surface area contributed by atoms with Crippen molar-refractivity contribution in [1.29, 1.82) is 0 Å². The normalized spacial score (nSPS) is 12.6. The van der Waals surface area contributed by atoms with Gasteiger partial charge in [0.05, 0.1) is 6.04 Å². The van der Waals surface area contributed by atoms with Gasteiger partial charge in [0.2, 0.25) is 17.8 Å². The number of H-pyrrole nitrogens is 1. The number of alkyl halides is 3. The minimum atomic E-state index is -4.55. The molecule has 3 rings (SSSR count). The number of halogens is 4. The van der Waals surface area contributed by atoms with Gasteiger partial charge in [-0.05, 0) is 24.6 Å². The molecule has 8 nitrogen and oxygen atoms in total. The third-order valence-electron chi connectivity index (χ3n) is 3.49. The number of nitrogens with two attached hydrogens (primary N) is 1. The summed E-state index contributed by atoms with van der Waals surface area (Å²) >= 11 is 0. The molecule has 142 valence electrons. The van der Waals surface area contributed by atoms with Gasteiger partial charge in [-0.3, -0.25) is 5.10 Å².